The number of carbonyl (C=O) groups excluding carboxylic acids is 1. The van der Waals surface area contributed by atoms with Gasteiger partial charge in [-0.3, -0.25) is 0 Å². The van der Waals surface area contributed by atoms with Gasteiger partial charge in [-0.2, -0.15) is 11.8 Å². The van der Waals surface area contributed by atoms with Crippen LogP contribution in [-0.4, -0.2) is 40.3 Å². The van der Waals surface area contributed by atoms with E-state index in [0.29, 0.717) is 12.2 Å². The standard InChI is InChI=1S/C16H29NO4S/c1-5-6-7-8-9-11-22-12-10-13(14(18)19)17-15(20)21-16(2,3)4/h5,13H,1,6-12H2,2-4H3,(H,17,20)(H,18,19). The van der Waals surface area contributed by atoms with Gasteiger partial charge in [-0.15, -0.1) is 6.58 Å². The minimum Gasteiger partial charge on any atom is -0.480 e. The van der Waals surface area contributed by atoms with Crippen LogP contribution < -0.4 is 5.32 Å². The summed E-state index contributed by atoms with van der Waals surface area (Å²) in [6.45, 7) is 8.91. The number of unbranched alkanes of at least 4 members (excludes halogenated alkanes) is 3. The van der Waals surface area contributed by atoms with Gasteiger partial charge in [0.15, 0.2) is 0 Å². The number of carbonyl (C=O) groups is 2. The van der Waals surface area contributed by atoms with Crippen molar-refractivity contribution in [1.29, 1.82) is 0 Å². The Balaban J connectivity index is 3.89. The predicted molar refractivity (Wildman–Crippen MR) is 91.4 cm³/mol. The molecule has 22 heavy (non-hydrogen) atoms. The fourth-order valence-corrected chi connectivity index (χ4v) is 2.69. The molecule has 0 aliphatic carbocycles. The summed E-state index contributed by atoms with van der Waals surface area (Å²) in [5.74, 6) is 0.682. The zero-order chi connectivity index (χ0) is 17.0. The smallest absolute Gasteiger partial charge is 0.408 e. The first-order valence-electron chi connectivity index (χ1n) is 7.67. The molecule has 0 spiro atoms. The maximum Gasteiger partial charge on any atom is 0.408 e. The van der Waals surface area contributed by atoms with Crippen molar-refractivity contribution in [2.45, 2.75) is 64.5 Å². The number of nitrogens with one attached hydrogen (secondary N) is 1. The zero-order valence-corrected chi connectivity index (χ0v) is 14.7. The maximum absolute atomic E-state index is 11.6. The molecule has 1 atom stereocenters. The van der Waals surface area contributed by atoms with E-state index in [-0.39, 0.29) is 0 Å². The van der Waals surface area contributed by atoms with Crippen molar-refractivity contribution in [3.05, 3.63) is 12.7 Å². The number of aliphatic carboxylic acids is 1. The molecule has 0 aromatic carbocycles. The predicted octanol–water partition coefficient (Wildman–Crippen LogP) is 3.83. The van der Waals surface area contributed by atoms with Crippen molar-refractivity contribution in [3.63, 3.8) is 0 Å². The first kappa shape index (κ1) is 20.8. The molecular formula is C16H29NO4S. The maximum atomic E-state index is 11.6. The lowest BCUT2D eigenvalue weighted by Crippen LogP contribution is -2.43. The molecule has 0 aliphatic heterocycles. The topological polar surface area (TPSA) is 75.6 Å². The molecule has 0 aromatic heterocycles. The van der Waals surface area contributed by atoms with Gasteiger partial charge in [0.25, 0.3) is 0 Å². The molecule has 1 unspecified atom stereocenters. The van der Waals surface area contributed by atoms with E-state index in [1.807, 2.05) is 6.08 Å². The summed E-state index contributed by atoms with van der Waals surface area (Å²) < 4.78 is 5.07. The summed E-state index contributed by atoms with van der Waals surface area (Å²) in [6, 6.07) is -0.900. The minimum absolute atomic E-state index is 0.395. The van der Waals surface area contributed by atoms with E-state index in [2.05, 4.69) is 11.9 Å². The lowest BCUT2D eigenvalue weighted by atomic mass is 10.2. The van der Waals surface area contributed by atoms with Crippen LogP contribution >= 0.6 is 11.8 Å². The minimum atomic E-state index is -1.03. The number of hydrogen-bond acceptors (Lipinski definition) is 4. The summed E-state index contributed by atoms with van der Waals surface area (Å²) in [5, 5.41) is 11.5. The Morgan fingerprint density at radius 2 is 1.95 bits per heavy atom. The Kier molecular flexibility index (Phi) is 10.8. The first-order chi connectivity index (χ1) is 10.3. The third kappa shape index (κ3) is 12.6. The van der Waals surface area contributed by atoms with Crippen molar-refractivity contribution in [1.82, 2.24) is 5.32 Å². The van der Waals surface area contributed by atoms with Crippen LogP contribution in [0, 0.1) is 0 Å². The van der Waals surface area contributed by atoms with Crippen LogP contribution in [0.1, 0.15) is 52.9 Å². The molecule has 0 radical (unpaired) electrons. The Bertz CT molecular complexity index is 353. The molecule has 0 heterocycles. The molecule has 0 fully saturated rings. The Morgan fingerprint density at radius 3 is 2.50 bits per heavy atom. The van der Waals surface area contributed by atoms with E-state index >= 15 is 0 Å². The molecule has 0 aromatic rings. The number of amides is 1. The van der Waals surface area contributed by atoms with Crippen LogP contribution in [0.25, 0.3) is 0 Å². The average molecular weight is 331 g/mol. The van der Waals surface area contributed by atoms with Gasteiger partial charge >= 0.3 is 12.1 Å². The summed E-state index contributed by atoms with van der Waals surface area (Å²) in [6.07, 6.45) is 6.12. The van der Waals surface area contributed by atoms with E-state index in [9.17, 15) is 9.59 Å². The number of carboxylic acid groups (broad SMARTS) is 1. The van der Waals surface area contributed by atoms with E-state index in [1.54, 1.807) is 32.5 Å². The van der Waals surface area contributed by atoms with Crippen molar-refractivity contribution >= 4 is 23.8 Å². The fourth-order valence-electron chi connectivity index (χ4n) is 1.68. The molecular weight excluding hydrogens is 302 g/mol. The number of rotatable bonds is 11. The number of thioether (sulfide) groups is 1. The zero-order valence-electron chi connectivity index (χ0n) is 13.9. The van der Waals surface area contributed by atoms with E-state index in [0.717, 1.165) is 31.4 Å². The highest BCUT2D eigenvalue weighted by Crippen LogP contribution is 2.11. The van der Waals surface area contributed by atoms with Gasteiger partial charge in [0.05, 0.1) is 0 Å². The van der Waals surface area contributed by atoms with Crippen LogP contribution in [0.4, 0.5) is 4.79 Å². The molecule has 0 saturated carbocycles. The number of alkyl carbamates (subject to hydrolysis) is 1. The third-order valence-corrected chi connectivity index (χ3v) is 3.84. The Hall–Kier alpha value is -1.17. The second-order valence-corrected chi connectivity index (χ2v) is 7.30. The summed E-state index contributed by atoms with van der Waals surface area (Å²) in [5.41, 5.74) is -0.632. The Labute approximate surface area is 137 Å². The van der Waals surface area contributed by atoms with Gasteiger partial charge in [0, 0.05) is 0 Å². The fraction of sp³-hybridized carbons (Fsp3) is 0.750. The van der Waals surface area contributed by atoms with Gasteiger partial charge in [0.2, 0.25) is 0 Å². The molecule has 0 saturated heterocycles. The van der Waals surface area contributed by atoms with Crippen LogP contribution in [0.15, 0.2) is 12.7 Å². The Morgan fingerprint density at radius 1 is 1.27 bits per heavy atom. The molecule has 6 heteroatoms. The monoisotopic (exact) mass is 331 g/mol. The second-order valence-electron chi connectivity index (χ2n) is 6.08. The lowest BCUT2D eigenvalue weighted by molar-refractivity contribution is -0.139. The van der Waals surface area contributed by atoms with Crippen molar-refractivity contribution < 1.29 is 19.4 Å². The normalized spacial score (nSPS) is 12.5. The van der Waals surface area contributed by atoms with Crippen molar-refractivity contribution in [2.75, 3.05) is 11.5 Å². The number of ether oxygens (including phenoxy) is 1. The highest BCUT2D eigenvalue weighted by atomic mass is 32.2. The number of allylic oxidation sites excluding steroid dienone is 1. The summed E-state index contributed by atoms with van der Waals surface area (Å²) in [4.78, 5) is 22.7. The molecule has 128 valence electrons. The van der Waals surface area contributed by atoms with Gasteiger partial charge in [-0.25, -0.2) is 9.59 Å². The lowest BCUT2D eigenvalue weighted by Gasteiger charge is -2.21. The molecule has 1 amide bonds. The third-order valence-electron chi connectivity index (χ3n) is 2.74. The van der Waals surface area contributed by atoms with Crippen LogP contribution in [0.5, 0.6) is 0 Å². The van der Waals surface area contributed by atoms with E-state index in [4.69, 9.17) is 9.84 Å². The molecule has 5 nitrogen and oxygen atoms in total. The molecule has 0 aliphatic rings. The van der Waals surface area contributed by atoms with Gasteiger partial charge in [-0.05, 0) is 58.0 Å². The second kappa shape index (κ2) is 11.4. The van der Waals surface area contributed by atoms with Gasteiger partial charge in [0.1, 0.15) is 11.6 Å². The first-order valence-corrected chi connectivity index (χ1v) is 8.82. The van der Waals surface area contributed by atoms with Crippen molar-refractivity contribution in [3.8, 4) is 0 Å². The van der Waals surface area contributed by atoms with Crippen LogP contribution in [-0.2, 0) is 9.53 Å². The number of carboxylic acids is 1. The molecule has 0 rings (SSSR count). The van der Waals surface area contributed by atoms with Crippen LogP contribution in [0.3, 0.4) is 0 Å². The van der Waals surface area contributed by atoms with Crippen molar-refractivity contribution in [2.24, 2.45) is 0 Å². The highest BCUT2D eigenvalue weighted by molar-refractivity contribution is 7.99. The van der Waals surface area contributed by atoms with Gasteiger partial charge in [-0.1, -0.05) is 12.5 Å². The SMILES string of the molecule is C=CCCCCCSCCC(NC(=O)OC(C)(C)C)C(=O)O. The number of hydrogen-bond donors (Lipinski definition) is 2. The van der Waals surface area contributed by atoms with Gasteiger partial charge < -0.3 is 15.2 Å². The molecule has 2 N–H and O–H groups in total. The largest absolute Gasteiger partial charge is 0.480 e. The van der Waals surface area contributed by atoms with E-state index in [1.165, 1.54) is 0 Å². The van der Waals surface area contributed by atoms with Crippen LogP contribution in [0.2, 0.25) is 0 Å². The van der Waals surface area contributed by atoms with E-state index < -0.39 is 23.7 Å². The highest BCUT2D eigenvalue weighted by Gasteiger charge is 2.23. The summed E-state index contributed by atoms with van der Waals surface area (Å²) >= 11 is 1.72. The quantitative estimate of drug-likeness (QED) is 0.444. The molecule has 0 bridgehead atoms. The average Bonchev–Trinajstić information content (AvgIpc) is 2.38. The summed E-state index contributed by atoms with van der Waals surface area (Å²) in [7, 11) is 0.